The molecule has 0 bridgehead atoms. The van der Waals surface area contributed by atoms with Crippen LogP contribution in [0.5, 0.6) is 0 Å². The van der Waals surface area contributed by atoms with Gasteiger partial charge in [0, 0.05) is 6.54 Å². The van der Waals surface area contributed by atoms with Gasteiger partial charge in [-0.25, -0.2) is 0 Å². The first-order valence-electron chi connectivity index (χ1n) is 7.56. The van der Waals surface area contributed by atoms with Crippen molar-refractivity contribution in [1.29, 1.82) is 0 Å². The Hall–Kier alpha value is -1.34. The van der Waals surface area contributed by atoms with Crippen LogP contribution in [0.4, 0.5) is 0 Å². The highest BCUT2D eigenvalue weighted by atomic mass is 16.5. The third-order valence-corrected chi connectivity index (χ3v) is 4.68. The van der Waals surface area contributed by atoms with Gasteiger partial charge in [0.15, 0.2) is 5.84 Å². The van der Waals surface area contributed by atoms with Crippen LogP contribution in [0, 0.1) is 5.41 Å². The normalized spacial score (nSPS) is 30.2. The van der Waals surface area contributed by atoms with Gasteiger partial charge in [-0.05, 0) is 19.8 Å². The molecule has 7 heteroatoms. The van der Waals surface area contributed by atoms with Crippen LogP contribution in [-0.2, 0) is 9.53 Å². The number of nitrogens with zero attached hydrogens (tertiary/aromatic N) is 2. The van der Waals surface area contributed by atoms with Crippen molar-refractivity contribution in [1.82, 2.24) is 4.90 Å². The Morgan fingerprint density at radius 2 is 2.10 bits per heavy atom. The number of oxime groups is 1. The second kappa shape index (κ2) is 6.62. The van der Waals surface area contributed by atoms with E-state index in [9.17, 15) is 9.90 Å². The van der Waals surface area contributed by atoms with Crippen LogP contribution in [-0.4, -0.2) is 58.9 Å². The van der Waals surface area contributed by atoms with Gasteiger partial charge in [-0.3, -0.25) is 4.79 Å². The molecule has 120 valence electrons. The van der Waals surface area contributed by atoms with E-state index in [1.54, 1.807) is 4.90 Å². The van der Waals surface area contributed by atoms with E-state index in [4.69, 9.17) is 15.7 Å². The summed E-state index contributed by atoms with van der Waals surface area (Å²) in [5, 5.41) is 21.5. The van der Waals surface area contributed by atoms with E-state index in [0.717, 1.165) is 19.3 Å². The number of amides is 1. The van der Waals surface area contributed by atoms with E-state index >= 15 is 0 Å². The van der Waals surface area contributed by atoms with Crippen LogP contribution in [0.15, 0.2) is 5.16 Å². The highest BCUT2D eigenvalue weighted by Gasteiger charge is 2.48. The predicted octanol–water partition coefficient (Wildman–Crippen LogP) is 0.292. The summed E-state index contributed by atoms with van der Waals surface area (Å²) in [6.45, 7) is 2.53. The molecule has 1 aliphatic heterocycles. The van der Waals surface area contributed by atoms with Crippen molar-refractivity contribution in [3.63, 3.8) is 0 Å². The van der Waals surface area contributed by atoms with Crippen LogP contribution < -0.4 is 5.73 Å². The molecule has 0 radical (unpaired) electrons. The summed E-state index contributed by atoms with van der Waals surface area (Å²) in [4.78, 5) is 14.8. The smallest absolute Gasteiger partial charge is 0.236 e. The summed E-state index contributed by atoms with van der Waals surface area (Å²) in [6.07, 6.45) is 3.70. The van der Waals surface area contributed by atoms with Crippen molar-refractivity contribution >= 4 is 11.7 Å². The quantitative estimate of drug-likeness (QED) is 0.300. The SMILES string of the molecule is CC1COC(CO)CN1C(=O)C1(C(N)=NO)CCCCC1. The maximum Gasteiger partial charge on any atom is 0.236 e. The van der Waals surface area contributed by atoms with Gasteiger partial charge in [-0.15, -0.1) is 0 Å². The van der Waals surface area contributed by atoms with Crippen LogP contribution in [0.25, 0.3) is 0 Å². The molecule has 1 aliphatic carbocycles. The number of amidine groups is 1. The number of rotatable bonds is 3. The van der Waals surface area contributed by atoms with E-state index in [1.165, 1.54) is 0 Å². The standard InChI is InChI=1S/C14H25N3O4/c1-10-9-21-11(8-18)7-17(10)13(19)14(12(15)16-20)5-3-2-4-6-14/h10-11,18,20H,2-9H2,1H3,(H2,15,16). The lowest BCUT2D eigenvalue weighted by molar-refractivity contribution is -0.154. The average Bonchev–Trinajstić information content (AvgIpc) is 2.54. The van der Waals surface area contributed by atoms with E-state index in [-0.39, 0.29) is 30.5 Å². The van der Waals surface area contributed by atoms with Gasteiger partial charge in [-0.1, -0.05) is 24.4 Å². The van der Waals surface area contributed by atoms with Gasteiger partial charge in [0.1, 0.15) is 5.41 Å². The fourth-order valence-electron chi connectivity index (χ4n) is 3.32. The Balaban J connectivity index is 2.25. The molecule has 0 spiro atoms. The van der Waals surface area contributed by atoms with Gasteiger partial charge in [-0.2, -0.15) is 0 Å². The summed E-state index contributed by atoms with van der Waals surface area (Å²) in [6, 6.07) is -0.0782. The molecule has 2 unspecified atom stereocenters. The lowest BCUT2D eigenvalue weighted by atomic mass is 9.71. The summed E-state index contributed by atoms with van der Waals surface area (Å²) >= 11 is 0. The largest absolute Gasteiger partial charge is 0.409 e. The minimum atomic E-state index is -0.904. The number of hydrogen-bond acceptors (Lipinski definition) is 5. The molecule has 7 nitrogen and oxygen atoms in total. The summed E-state index contributed by atoms with van der Waals surface area (Å²) in [7, 11) is 0. The Kier molecular flexibility index (Phi) is 5.05. The molecular formula is C14H25N3O4. The van der Waals surface area contributed by atoms with Crippen molar-refractivity contribution in [3.8, 4) is 0 Å². The van der Waals surface area contributed by atoms with Gasteiger partial charge in [0.05, 0.1) is 25.4 Å². The zero-order valence-electron chi connectivity index (χ0n) is 12.5. The molecule has 2 fully saturated rings. The number of ether oxygens (including phenoxy) is 1. The highest BCUT2D eigenvalue weighted by molar-refractivity contribution is 6.07. The van der Waals surface area contributed by atoms with Gasteiger partial charge in [0.2, 0.25) is 5.91 Å². The topological polar surface area (TPSA) is 108 Å². The Labute approximate surface area is 124 Å². The molecule has 0 aromatic heterocycles. The number of aliphatic hydroxyl groups is 1. The molecule has 1 saturated carbocycles. The molecule has 1 heterocycles. The number of carbonyl (C=O) groups excluding carboxylic acids is 1. The Morgan fingerprint density at radius 3 is 2.67 bits per heavy atom. The van der Waals surface area contributed by atoms with Crippen molar-refractivity contribution in [3.05, 3.63) is 0 Å². The molecule has 0 aromatic carbocycles. The molecule has 2 rings (SSSR count). The molecule has 21 heavy (non-hydrogen) atoms. The Bertz CT molecular complexity index is 407. The first kappa shape index (κ1) is 16.0. The molecule has 2 atom stereocenters. The van der Waals surface area contributed by atoms with Crippen molar-refractivity contribution < 1.29 is 19.8 Å². The average molecular weight is 299 g/mol. The van der Waals surface area contributed by atoms with Crippen LogP contribution in [0.3, 0.4) is 0 Å². The number of morpholine rings is 1. The highest BCUT2D eigenvalue weighted by Crippen LogP contribution is 2.39. The predicted molar refractivity (Wildman–Crippen MR) is 76.9 cm³/mol. The second-order valence-corrected chi connectivity index (χ2v) is 6.07. The second-order valence-electron chi connectivity index (χ2n) is 6.07. The van der Waals surface area contributed by atoms with Gasteiger partial charge in [0.25, 0.3) is 0 Å². The summed E-state index contributed by atoms with van der Waals surface area (Å²) in [5.74, 6) is -0.0989. The minimum absolute atomic E-state index is 0.00596. The lowest BCUT2D eigenvalue weighted by Gasteiger charge is -2.44. The first-order valence-corrected chi connectivity index (χ1v) is 7.56. The zero-order chi connectivity index (χ0) is 15.5. The fourth-order valence-corrected chi connectivity index (χ4v) is 3.32. The molecule has 2 aliphatic rings. The monoisotopic (exact) mass is 299 g/mol. The lowest BCUT2D eigenvalue weighted by Crippen LogP contribution is -2.59. The van der Waals surface area contributed by atoms with Crippen molar-refractivity contribution in [2.45, 2.75) is 51.2 Å². The number of carbonyl (C=O) groups is 1. The molecule has 1 saturated heterocycles. The molecule has 0 aromatic rings. The summed E-state index contributed by atoms with van der Waals surface area (Å²) in [5.41, 5.74) is 4.97. The molecular weight excluding hydrogens is 274 g/mol. The summed E-state index contributed by atoms with van der Waals surface area (Å²) < 4.78 is 5.47. The van der Waals surface area contributed by atoms with E-state index < -0.39 is 5.41 Å². The molecule has 4 N–H and O–H groups in total. The van der Waals surface area contributed by atoms with E-state index in [0.29, 0.717) is 26.0 Å². The van der Waals surface area contributed by atoms with Crippen molar-refractivity contribution in [2.24, 2.45) is 16.3 Å². The van der Waals surface area contributed by atoms with Crippen LogP contribution in [0.1, 0.15) is 39.0 Å². The van der Waals surface area contributed by atoms with E-state index in [2.05, 4.69) is 5.16 Å². The Morgan fingerprint density at radius 1 is 1.43 bits per heavy atom. The van der Waals surface area contributed by atoms with Gasteiger partial charge >= 0.3 is 0 Å². The van der Waals surface area contributed by atoms with Gasteiger partial charge < -0.3 is 25.7 Å². The maximum atomic E-state index is 13.1. The third-order valence-electron chi connectivity index (χ3n) is 4.68. The third kappa shape index (κ3) is 2.98. The van der Waals surface area contributed by atoms with Crippen molar-refractivity contribution in [2.75, 3.05) is 19.8 Å². The molecule has 1 amide bonds. The minimum Gasteiger partial charge on any atom is -0.409 e. The number of hydrogen-bond donors (Lipinski definition) is 3. The first-order chi connectivity index (χ1) is 10.0. The zero-order valence-corrected chi connectivity index (χ0v) is 12.5. The van der Waals surface area contributed by atoms with Crippen LogP contribution in [0.2, 0.25) is 0 Å². The fraction of sp³-hybridized carbons (Fsp3) is 0.857. The van der Waals surface area contributed by atoms with Crippen LogP contribution >= 0.6 is 0 Å². The maximum absolute atomic E-state index is 13.1. The number of nitrogens with two attached hydrogens (primary N) is 1. The number of aliphatic hydroxyl groups excluding tert-OH is 1. The van der Waals surface area contributed by atoms with E-state index in [1.807, 2.05) is 6.92 Å².